The lowest BCUT2D eigenvalue weighted by Crippen LogP contribution is -2.27. The molecular weight excluding hydrogens is 312 g/mol. The summed E-state index contributed by atoms with van der Waals surface area (Å²) in [6.07, 6.45) is 11.9. The smallest absolute Gasteiger partial charge is 0.0460 e. The van der Waals surface area contributed by atoms with E-state index in [9.17, 15) is 0 Å². The number of hydrogen-bond acceptors (Lipinski definition) is 2. The maximum Gasteiger partial charge on any atom is 0.0460 e. The monoisotopic (exact) mass is 340 g/mol. The molecule has 0 saturated heterocycles. The van der Waals surface area contributed by atoms with E-state index in [1.54, 1.807) is 0 Å². The largest absolute Gasteiger partial charge is 0.271 e. The second kappa shape index (κ2) is 11.3. The van der Waals surface area contributed by atoms with Crippen molar-refractivity contribution in [2.75, 3.05) is 0 Å². The van der Waals surface area contributed by atoms with E-state index in [1.807, 2.05) is 6.07 Å². The summed E-state index contributed by atoms with van der Waals surface area (Å²) in [4.78, 5) is 0. The van der Waals surface area contributed by atoms with Crippen molar-refractivity contribution in [1.82, 2.24) is 5.43 Å². The fourth-order valence-corrected chi connectivity index (χ4v) is 2.97. The van der Waals surface area contributed by atoms with Crippen LogP contribution in [-0.4, -0.2) is 0 Å². The van der Waals surface area contributed by atoms with Gasteiger partial charge in [0.25, 0.3) is 0 Å². The Kier molecular flexibility index (Phi) is 9.98. The first-order chi connectivity index (χ1) is 9.77. The molecule has 0 amide bonds. The normalized spacial score (nSPS) is 12.6. The highest BCUT2D eigenvalue weighted by molar-refractivity contribution is 9.10. The quantitative estimate of drug-likeness (QED) is 0.317. The van der Waals surface area contributed by atoms with Crippen LogP contribution in [0, 0.1) is 0 Å². The third-order valence-corrected chi connectivity index (χ3v) is 4.29. The molecule has 0 fully saturated rings. The van der Waals surface area contributed by atoms with Gasteiger partial charge in [0.15, 0.2) is 0 Å². The summed E-state index contributed by atoms with van der Waals surface area (Å²) in [6, 6.07) is 8.67. The Balaban J connectivity index is 2.16. The maximum absolute atomic E-state index is 5.69. The molecule has 2 nitrogen and oxygen atoms in total. The highest BCUT2D eigenvalue weighted by atomic mass is 79.9. The summed E-state index contributed by atoms with van der Waals surface area (Å²) in [5.74, 6) is 5.69. The second-order valence-electron chi connectivity index (χ2n) is 5.54. The van der Waals surface area contributed by atoms with E-state index in [2.05, 4.69) is 46.5 Å². The summed E-state index contributed by atoms with van der Waals surface area (Å²) in [5.41, 5.74) is 4.21. The van der Waals surface area contributed by atoms with E-state index in [1.165, 1.54) is 56.9 Å². The van der Waals surface area contributed by atoms with Crippen molar-refractivity contribution in [3.8, 4) is 0 Å². The highest BCUT2D eigenvalue weighted by Crippen LogP contribution is 2.22. The number of hydrogen-bond donors (Lipinski definition) is 2. The minimum atomic E-state index is 0.271. The molecule has 3 heteroatoms. The van der Waals surface area contributed by atoms with E-state index in [0.717, 1.165) is 10.9 Å². The molecule has 0 radical (unpaired) electrons. The number of hydrazine groups is 1. The van der Waals surface area contributed by atoms with Gasteiger partial charge in [-0.3, -0.25) is 11.3 Å². The van der Waals surface area contributed by atoms with Crippen LogP contribution < -0.4 is 11.3 Å². The molecule has 0 aliphatic heterocycles. The molecule has 0 saturated carbocycles. The van der Waals surface area contributed by atoms with Gasteiger partial charge in [0.05, 0.1) is 0 Å². The lowest BCUT2D eigenvalue weighted by Gasteiger charge is -2.16. The number of halogens is 1. The SMILES string of the molecule is CCCCCCCCCCC(NN)c1cccc(Br)c1. The van der Waals surface area contributed by atoms with Crippen molar-refractivity contribution >= 4 is 15.9 Å². The molecule has 1 aromatic carbocycles. The minimum Gasteiger partial charge on any atom is -0.271 e. The number of rotatable bonds is 11. The molecule has 0 spiro atoms. The highest BCUT2D eigenvalue weighted by Gasteiger charge is 2.09. The van der Waals surface area contributed by atoms with Crippen molar-refractivity contribution in [3.05, 3.63) is 34.3 Å². The molecule has 1 atom stereocenters. The number of nitrogens with one attached hydrogen (secondary N) is 1. The molecule has 1 aromatic rings. The van der Waals surface area contributed by atoms with Crippen LogP contribution in [0.2, 0.25) is 0 Å². The van der Waals surface area contributed by atoms with Crippen LogP contribution in [0.25, 0.3) is 0 Å². The Hall–Kier alpha value is -0.380. The first-order valence-corrected chi connectivity index (χ1v) is 8.78. The average Bonchev–Trinajstić information content (AvgIpc) is 2.46. The zero-order chi connectivity index (χ0) is 14.6. The van der Waals surface area contributed by atoms with Crippen molar-refractivity contribution in [2.45, 2.75) is 70.8 Å². The van der Waals surface area contributed by atoms with Gasteiger partial charge in [0.1, 0.15) is 0 Å². The van der Waals surface area contributed by atoms with Gasteiger partial charge >= 0.3 is 0 Å². The molecule has 0 aromatic heterocycles. The third-order valence-electron chi connectivity index (χ3n) is 3.80. The van der Waals surface area contributed by atoms with E-state index in [-0.39, 0.29) is 6.04 Å². The van der Waals surface area contributed by atoms with Gasteiger partial charge in [-0.25, -0.2) is 0 Å². The van der Waals surface area contributed by atoms with E-state index < -0.39 is 0 Å². The molecule has 20 heavy (non-hydrogen) atoms. The van der Waals surface area contributed by atoms with Gasteiger partial charge in [-0.05, 0) is 24.1 Å². The average molecular weight is 341 g/mol. The molecule has 114 valence electrons. The van der Waals surface area contributed by atoms with Crippen molar-refractivity contribution in [1.29, 1.82) is 0 Å². The van der Waals surface area contributed by atoms with Crippen LogP contribution in [0.3, 0.4) is 0 Å². The van der Waals surface area contributed by atoms with Gasteiger partial charge in [0.2, 0.25) is 0 Å². The fourth-order valence-electron chi connectivity index (χ4n) is 2.55. The maximum atomic E-state index is 5.69. The standard InChI is InChI=1S/C17H29BrN2/c1-2-3-4-5-6-7-8-9-13-17(20-19)15-11-10-12-16(18)14-15/h10-12,14,17,20H,2-9,13,19H2,1H3. The Labute approximate surface area is 132 Å². The van der Waals surface area contributed by atoms with Gasteiger partial charge in [-0.15, -0.1) is 0 Å². The van der Waals surface area contributed by atoms with Crippen molar-refractivity contribution < 1.29 is 0 Å². The van der Waals surface area contributed by atoms with Gasteiger partial charge in [-0.2, -0.15) is 0 Å². The fraction of sp³-hybridized carbons (Fsp3) is 0.647. The Bertz CT molecular complexity index is 355. The summed E-state index contributed by atoms with van der Waals surface area (Å²) in [6.45, 7) is 2.27. The van der Waals surface area contributed by atoms with E-state index in [4.69, 9.17) is 5.84 Å². The second-order valence-corrected chi connectivity index (χ2v) is 6.45. The van der Waals surface area contributed by atoms with E-state index in [0.29, 0.717) is 0 Å². The Morgan fingerprint density at radius 2 is 1.70 bits per heavy atom. The third kappa shape index (κ3) is 7.41. The summed E-state index contributed by atoms with van der Waals surface area (Å²) in [5, 5.41) is 0. The van der Waals surface area contributed by atoms with E-state index >= 15 is 0 Å². The molecule has 1 unspecified atom stereocenters. The predicted molar refractivity (Wildman–Crippen MR) is 91.4 cm³/mol. The summed E-state index contributed by atoms with van der Waals surface area (Å²) < 4.78 is 1.12. The zero-order valence-corrected chi connectivity index (χ0v) is 14.3. The van der Waals surface area contributed by atoms with Crippen LogP contribution in [0.4, 0.5) is 0 Å². The summed E-state index contributed by atoms with van der Waals surface area (Å²) >= 11 is 3.51. The molecule has 0 bridgehead atoms. The Morgan fingerprint density at radius 3 is 2.30 bits per heavy atom. The Morgan fingerprint density at radius 1 is 1.05 bits per heavy atom. The van der Waals surface area contributed by atoms with Crippen LogP contribution >= 0.6 is 15.9 Å². The number of unbranched alkanes of at least 4 members (excludes halogenated alkanes) is 7. The van der Waals surface area contributed by atoms with Crippen LogP contribution in [0.1, 0.15) is 76.3 Å². The lowest BCUT2D eigenvalue weighted by molar-refractivity contribution is 0.475. The molecule has 1 rings (SSSR count). The number of nitrogens with two attached hydrogens (primary N) is 1. The van der Waals surface area contributed by atoms with Crippen molar-refractivity contribution in [3.63, 3.8) is 0 Å². The van der Waals surface area contributed by atoms with Gasteiger partial charge in [-0.1, -0.05) is 86.4 Å². The number of benzene rings is 1. The predicted octanol–water partition coefficient (Wildman–Crippen LogP) is 5.48. The van der Waals surface area contributed by atoms with Crippen LogP contribution in [0.5, 0.6) is 0 Å². The zero-order valence-electron chi connectivity index (χ0n) is 12.7. The first kappa shape index (κ1) is 17.7. The van der Waals surface area contributed by atoms with Crippen molar-refractivity contribution in [2.24, 2.45) is 5.84 Å². The van der Waals surface area contributed by atoms with Crippen LogP contribution in [-0.2, 0) is 0 Å². The lowest BCUT2D eigenvalue weighted by atomic mass is 10.00. The minimum absolute atomic E-state index is 0.271. The molecule has 0 aliphatic carbocycles. The topological polar surface area (TPSA) is 38.0 Å². The molecule has 3 N–H and O–H groups in total. The van der Waals surface area contributed by atoms with Crippen LogP contribution in [0.15, 0.2) is 28.7 Å². The molecule has 0 aliphatic rings. The van der Waals surface area contributed by atoms with Gasteiger partial charge in [0, 0.05) is 10.5 Å². The molecular formula is C17H29BrN2. The first-order valence-electron chi connectivity index (χ1n) is 7.99. The van der Waals surface area contributed by atoms with Gasteiger partial charge < -0.3 is 0 Å². The molecule has 0 heterocycles. The summed E-state index contributed by atoms with van der Waals surface area (Å²) in [7, 11) is 0.